The van der Waals surface area contributed by atoms with Crippen molar-refractivity contribution in [3.63, 3.8) is 0 Å². The van der Waals surface area contributed by atoms with Gasteiger partial charge in [0.25, 0.3) is 0 Å². The molecule has 0 aliphatic heterocycles. The topological polar surface area (TPSA) is 78.9 Å². The quantitative estimate of drug-likeness (QED) is 0.0200. The first-order chi connectivity index (χ1) is 30.5. The van der Waals surface area contributed by atoms with E-state index in [-0.39, 0.29) is 44.0 Å². The van der Waals surface area contributed by atoms with Gasteiger partial charge in [0.2, 0.25) is 0 Å². The molecule has 0 aromatic rings. The maximum atomic E-state index is 12.8. The van der Waals surface area contributed by atoms with Crippen LogP contribution >= 0.6 is 0 Å². The standard InChI is InChI=1S/C56H86O6/c1-4-7-10-13-16-19-22-25-27-29-31-34-37-40-43-46-49-55(58)61-52-53(51-60-54(57)48-45-42-39-36-33-30-24-21-18-15-12-9-6-3)62-56(59)50-47-44-41-38-35-32-28-26-23-20-17-14-11-8-5-2/h8-9,11-12,14-15,17-18,20-21,23-24,26-30,32-33,35-36,39,53H,4-7,10,13,16,19,22,25,31,34,37-38,40-52H2,1-3H3/b11-8-,12-9-,17-14-,18-15-,23-20-,24-21-,28-26-,29-27-,33-30-,35-32-,39-36-. The largest absolute Gasteiger partial charge is 0.462 e. The van der Waals surface area contributed by atoms with E-state index >= 15 is 0 Å². The van der Waals surface area contributed by atoms with Crippen LogP contribution in [-0.4, -0.2) is 37.2 Å². The summed E-state index contributed by atoms with van der Waals surface area (Å²) in [7, 11) is 0. The van der Waals surface area contributed by atoms with E-state index in [1.165, 1.54) is 57.8 Å². The van der Waals surface area contributed by atoms with Gasteiger partial charge < -0.3 is 14.2 Å². The molecule has 0 aromatic carbocycles. The number of esters is 3. The zero-order valence-electron chi connectivity index (χ0n) is 39.3. The van der Waals surface area contributed by atoms with Gasteiger partial charge in [0, 0.05) is 19.3 Å². The predicted molar refractivity (Wildman–Crippen MR) is 265 cm³/mol. The Morgan fingerprint density at radius 3 is 1.11 bits per heavy atom. The number of allylic oxidation sites excluding steroid dienone is 22. The van der Waals surface area contributed by atoms with Crippen molar-refractivity contribution in [1.82, 2.24) is 0 Å². The fourth-order valence-corrected chi connectivity index (χ4v) is 6.02. The highest BCUT2D eigenvalue weighted by Crippen LogP contribution is 2.12. The first-order valence-electron chi connectivity index (χ1n) is 24.3. The Hall–Kier alpha value is -4.45. The summed E-state index contributed by atoms with van der Waals surface area (Å²) in [5.74, 6) is -1.07. The summed E-state index contributed by atoms with van der Waals surface area (Å²) < 4.78 is 16.6. The molecule has 0 rings (SSSR count). The lowest BCUT2D eigenvalue weighted by Gasteiger charge is -2.18. The molecule has 0 saturated heterocycles. The summed E-state index contributed by atoms with van der Waals surface area (Å²) in [5.41, 5.74) is 0. The zero-order chi connectivity index (χ0) is 45.1. The Labute approximate surface area is 379 Å². The molecule has 346 valence electrons. The van der Waals surface area contributed by atoms with E-state index < -0.39 is 6.10 Å². The van der Waals surface area contributed by atoms with Crippen LogP contribution in [0, 0.1) is 0 Å². The predicted octanol–water partition coefficient (Wildman–Crippen LogP) is 15.9. The summed E-state index contributed by atoms with van der Waals surface area (Å²) >= 11 is 0. The highest BCUT2D eigenvalue weighted by atomic mass is 16.6. The smallest absolute Gasteiger partial charge is 0.306 e. The summed E-state index contributed by atoms with van der Waals surface area (Å²) in [6.45, 7) is 6.21. The van der Waals surface area contributed by atoms with Crippen LogP contribution in [0.2, 0.25) is 0 Å². The van der Waals surface area contributed by atoms with E-state index in [1.807, 2.05) is 103 Å². The van der Waals surface area contributed by atoms with E-state index in [1.54, 1.807) is 0 Å². The average Bonchev–Trinajstić information content (AvgIpc) is 3.27. The van der Waals surface area contributed by atoms with Crippen LogP contribution in [0.1, 0.15) is 181 Å². The minimum atomic E-state index is -0.836. The summed E-state index contributed by atoms with van der Waals surface area (Å²) in [4.78, 5) is 37.9. The molecule has 62 heavy (non-hydrogen) atoms. The van der Waals surface area contributed by atoms with E-state index in [0.29, 0.717) is 19.3 Å². The van der Waals surface area contributed by atoms with Crippen LogP contribution in [0.3, 0.4) is 0 Å². The third kappa shape index (κ3) is 46.6. The maximum Gasteiger partial charge on any atom is 0.306 e. The van der Waals surface area contributed by atoms with E-state index in [9.17, 15) is 14.4 Å². The lowest BCUT2D eigenvalue weighted by atomic mass is 10.1. The lowest BCUT2D eigenvalue weighted by Crippen LogP contribution is -2.30. The van der Waals surface area contributed by atoms with E-state index in [0.717, 1.165) is 70.6 Å². The SMILES string of the molecule is CC\C=C/C=C\C=C/C=C\C=C/CCCCCC(=O)OC(COC(=O)CCC\C=C/C=C\C=C/C=C\C=C/CC)COC(=O)CCCCCCC/C=C\CCCCCCCCC. The van der Waals surface area contributed by atoms with Crippen LogP contribution in [0.4, 0.5) is 0 Å². The molecular weight excluding hydrogens is 769 g/mol. The minimum Gasteiger partial charge on any atom is -0.462 e. The summed E-state index contributed by atoms with van der Waals surface area (Å²) in [5, 5.41) is 0. The van der Waals surface area contributed by atoms with Gasteiger partial charge in [0.05, 0.1) is 0 Å². The molecule has 0 aliphatic carbocycles. The zero-order valence-corrected chi connectivity index (χ0v) is 39.3. The first kappa shape index (κ1) is 57.5. The fraction of sp³-hybridized carbons (Fsp3) is 0.554. The van der Waals surface area contributed by atoms with Crippen molar-refractivity contribution >= 4 is 17.9 Å². The Balaban J connectivity index is 4.60. The normalized spacial score (nSPS) is 13.3. The third-order valence-corrected chi connectivity index (χ3v) is 9.63. The van der Waals surface area contributed by atoms with Gasteiger partial charge in [-0.15, -0.1) is 0 Å². The van der Waals surface area contributed by atoms with Crippen molar-refractivity contribution < 1.29 is 28.6 Å². The molecule has 0 saturated carbocycles. The van der Waals surface area contributed by atoms with E-state index in [2.05, 4.69) is 51.2 Å². The van der Waals surface area contributed by atoms with Crippen molar-refractivity contribution in [3.8, 4) is 0 Å². The minimum absolute atomic E-state index is 0.127. The highest BCUT2D eigenvalue weighted by molar-refractivity contribution is 5.71. The average molecular weight is 855 g/mol. The highest BCUT2D eigenvalue weighted by Gasteiger charge is 2.19. The Morgan fingerprint density at radius 2 is 0.661 bits per heavy atom. The molecule has 0 aliphatic rings. The van der Waals surface area contributed by atoms with E-state index in [4.69, 9.17) is 14.2 Å². The summed E-state index contributed by atoms with van der Waals surface area (Å²) in [6, 6.07) is 0. The molecule has 1 unspecified atom stereocenters. The van der Waals surface area contributed by atoms with Gasteiger partial charge in [-0.25, -0.2) is 0 Å². The maximum absolute atomic E-state index is 12.8. The molecule has 0 aromatic heterocycles. The molecule has 6 heteroatoms. The van der Waals surface area contributed by atoms with Gasteiger partial charge in [-0.1, -0.05) is 219 Å². The second-order valence-corrected chi connectivity index (χ2v) is 15.5. The molecule has 0 bridgehead atoms. The molecule has 1 atom stereocenters. The number of hydrogen-bond donors (Lipinski definition) is 0. The molecule has 0 N–H and O–H groups in total. The third-order valence-electron chi connectivity index (χ3n) is 9.63. The first-order valence-corrected chi connectivity index (χ1v) is 24.3. The Kier molecular flexibility index (Phi) is 45.7. The number of carbonyl (C=O) groups is 3. The number of unbranched alkanes of at least 4 members (excludes halogenated alkanes) is 16. The van der Waals surface area contributed by atoms with Gasteiger partial charge in [-0.05, 0) is 77.0 Å². The van der Waals surface area contributed by atoms with Crippen molar-refractivity contribution in [1.29, 1.82) is 0 Å². The van der Waals surface area contributed by atoms with Crippen LogP contribution in [0.25, 0.3) is 0 Å². The summed E-state index contributed by atoms with van der Waals surface area (Å²) in [6.07, 6.45) is 68.7. The fourth-order valence-electron chi connectivity index (χ4n) is 6.02. The lowest BCUT2D eigenvalue weighted by molar-refractivity contribution is -0.167. The van der Waals surface area contributed by atoms with Crippen LogP contribution in [-0.2, 0) is 28.6 Å². The van der Waals surface area contributed by atoms with Gasteiger partial charge in [-0.2, -0.15) is 0 Å². The van der Waals surface area contributed by atoms with Gasteiger partial charge >= 0.3 is 17.9 Å². The molecular formula is C56H86O6. The van der Waals surface area contributed by atoms with Crippen LogP contribution < -0.4 is 0 Å². The van der Waals surface area contributed by atoms with Crippen LogP contribution in [0.15, 0.2) is 134 Å². The second kappa shape index (κ2) is 49.2. The van der Waals surface area contributed by atoms with Crippen LogP contribution in [0.5, 0.6) is 0 Å². The van der Waals surface area contributed by atoms with Crippen molar-refractivity contribution in [2.75, 3.05) is 13.2 Å². The molecule has 0 radical (unpaired) electrons. The number of hydrogen-bond acceptors (Lipinski definition) is 6. The number of rotatable bonds is 41. The van der Waals surface area contributed by atoms with Crippen molar-refractivity contribution in [2.45, 2.75) is 187 Å². The number of ether oxygens (including phenoxy) is 3. The molecule has 0 amide bonds. The molecule has 6 nitrogen and oxygen atoms in total. The monoisotopic (exact) mass is 855 g/mol. The van der Waals surface area contributed by atoms with Crippen molar-refractivity contribution in [3.05, 3.63) is 134 Å². The number of carbonyl (C=O) groups excluding carboxylic acids is 3. The molecule has 0 spiro atoms. The van der Waals surface area contributed by atoms with Gasteiger partial charge in [0.1, 0.15) is 13.2 Å². The Bertz CT molecular complexity index is 1400. The van der Waals surface area contributed by atoms with Gasteiger partial charge in [0.15, 0.2) is 6.10 Å². The van der Waals surface area contributed by atoms with Gasteiger partial charge in [-0.3, -0.25) is 14.4 Å². The Morgan fingerprint density at radius 1 is 0.339 bits per heavy atom. The molecule has 0 fully saturated rings. The van der Waals surface area contributed by atoms with Crippen molar-refractivity contribution in [2.24, 2.45) is 0 Å². The molecule has 0 heterocycles. The second-order valence-electron chi connectivity index (χ2n) is 15.5.